The lowest BCUT2D eigenvalue weighted by atomic mass is 9.99. The van der Waals surface area contributed by atoms with Crippen LogP contribution in [0.25, 0.3) is 0 Å². The molecule has 0 N–H and O–H groups in total. The van der Waals surface area contributed by atoms with Crippen molar-refractivity contribution in [2.45, 2.75) is 25.4 Å². The van der Waals surface area contributed by atoms with Gasteiger partial charge in [-0.15, -0.1) is 0 Å². The van der Waals surface area contributed by atoms with Crippen LogP contribution in [0.2, 0.25) is 0 Å². The van der Waals surface area contributed by atoms with Crippen LogP contribution in [0.15, 0.2) is 23.2 Å². The maximum absolute atomic E-state index is 12.7. The van der Waals surface area contributed by atoms with Gasteiger partial charge in [0.1, 0.15) is 0 Å². The van der Waals surface area contributed by atoms with Crippen LogP contribution in [-0.2, 0) is 17.1 Å². The Hall–Kier alpha value is -2.06. The quantitative estimate of drug-likeness (QED) is 0.722. The molecule has 0 unspecified atom stereocenters. The summed E-state index contributed by atoms with van der Waals surface area (Å²) in [5.41, 5.74) is -3.37. The van der Waals surface area contributed by atoms with E-state index in [2.05, 4.69) is 9.73 Å². The Balaban J connectivity index is 2.56. The number of carbonyl (C=O) groups excluding carboxylic acids is 1. The number of rotatable bonds is 1. The molecule has 0 saturated heterocycles. The molecular weight excluding hydrogens is 304 g/mol. The molecule has 21 heavy (non-hydrogen) atoms. The first-order valence-corrected chi connectivity index (χ1v) is 5.53. The van der Waals surface area contributed by atoms with Gasteiger partial charge in [-0.05, 0) is 30.7 Å². The second-order valence-corrected chi connectivity index (χ2v) is 4.36. The highest BCUT2D eigenvalue weighted by Crippen LogP contribution is 2.38. The molecule has 0 saturated carbocycles. The van der Waals surface area contributed by atoms with E-state index in [0.717, 1.165) is 0 Å². The molecule has 1 heterocycles. The van der Waals surface area contributed by atoms with Gasteiger partial charge in [0.25, 0.3) is 0 Å². The number of amides is 1. The number of halogens is 6. The van der Waals surface area contributed by atoms with E-state index in [1.165, 1.54) is 6.92 Å². The fraction of sp³-hybridized carbons (Fsp3) is 0.333. The molecule has 1 aromatic rings. The molecule has 1 atom stereocenters. The fourth-order valence-corrected chi connectivity index (χ4v) is 1.85. The summed E-state index contributed by atoms with van der Waals surface area (Å²) in [5, 5.41) is 0. The molecule has 0 radical (unpaired) electrons. The third-order valence-corrected chi connectivity index (χ3v) is 2.78. The molecule has 1 aliphatic heterocycles. The van der Waals surface area contributed by atoms with Gasteiger partial charge in [0.15, 0.2) is 6.10 Å². The Morgan fingerprint density at radius 2 is 1.48 bits per heavy atom. The smallest absolute Gasteiger partial charge is 0.434 e. The van der Waals surface area contributed by atoms with Crippen molar-refractivity contribution in [2.75, 3.05) is 0 Å². The minimum atomic E-state index is -4.95. The monoisotopic (exact) mass is 311 g/mol. The van der Waals surface area contributed by atoms with Crippen LogP contribution in [0, 0.1) is 0 Å². The van der Waals surface area contributed by atoms with Crippen molar-refractivity contribution >= 4 is 11.8 Å². The van der Waals surface area contributed by atoms with Crippen LogP contribution in [0.1, 0.15) is 29.7 Å². The fourth-order valence-electron chi connectivity index (χ4n) is 1.85. The molecule has 0 bridgehead atoms. The minimum absolute atomic E-state index is 0.00670. The van der Waals surface area contributed by atoms with Crippen molar-refractivity contribution in [2.24, 2.45) is 4.99 Å². The van der Waals surface area contributed by atoms with Crippen LogP contribution >= 0.6 is 0 Å². The van der Waals surface area contributed by atoms with Crippen molar-refractivity contribution in [3.63, 3.8) is 0 Å². The van der Waals surface area contributed by atoms with E-state index >= 15 is 0 Å². The van der Waals surface area contributed by atoms with Gasteiger partial charge in [0, 0.05) is 0 Å². The molecule has 0 aromatic heterocycles. The first-order valence-electron chi connectivity index (χ1n) is 5.53. The summed E-state index contributed by atoms with van der Waals surface area (Å²) in [6, 6.07) is 1.03. The van der Waals surface area contributed by atoms with Gasteiger partial charge in [0.05, 0.1) is 16.8 Å². The standard InChI is InChI=1S/C12H7F6NO2/c1-5-9(21-10(20)19-5)6-2-7(11(13,14)15)4-8(3-6)12(16,17)18/h2-4,9H,1H3/t9-/m0/s1. The van der Waals surface area contributed by atoms with E-state index in [0.29, 0.717) is 12.1 Å². The summed E-state index contributed by atoms with van der Waals surface area (Å²) in [5.74, 6) is 0. The second-order valence-electron chi connectivity index (χ2n) is 4.36. The number of carbonyl (C=O) groups is 1. The molecule has 1 amide bonds. The lowest BCUT2D eigenvalue weighted by Crippen LogP contribution is -2.15. The number of aliphatic imine (C=N–C) groups is 1. The number of cyclic esters (lactones) is 1. The molecule has 114 valence electrons. The summed E-state index contributed by atoms with van der Waals surface area (Å²) in [7, 11) is 0. The molecular formula is C12H7F6NO2. The molecule has 1 aliphatic rings. The zero-order chi connectivity index (χ0) is 16.0. The number of benzene rings is 1. The number of nitrogens with zero attached hydrogens (tertiary/aromatic N) is 1. The Labute approximate surface area is 114 Å². The Morgan fingerprint density at radius 1 is 1.00 bits per heavy atom. The topological polar surface area (TPSA) is 38.7 Å². The highest BCUT2D eigenvalue weighted by molar-refractivity contribution is 6.00. The normalized spacial score (nSPS) is 19.5. The lowest BCUT2D eigenvalue weighted by Gasteiger charge is -2.17. The zero-order valence-electron chi connectivity index (χ0n) is 10.3. The maximum Gasteiger partial charge on any atom is 0.434 e. The predicted octanol–water partition coefficient (Wildman–Crippen LogP) is 4.38. The van der Waals surface area contributed by atoms with Gasteiger partial charge in [-0.2, -0.15) is 31.3 Å². The first kappa shape index (κ1) is 15.3. The first-order chi connectivity index (χ1) is 9.48. The van der Waals surface area contributed by atoms with Gasteiger partial charge in [-0.3, -0.25) is 0 Å². The van der Waals surface area contributed by atoms with Gasteiger partial charge >= 0.3 is 18.4 Å². The number of hydrogen-bond acceptors (Lipinski definition) is 2. The Bertz CT molecular complexity index is 585. The lowest BCUT2D eigenvalue weighted by molar-refractivity contribution is -0.143. The molecule has 0 spiro atoms. The third-order valence-electron chi connectivity index (χ3n) is 2.78. The molecule has 2 rings (SSSR count). The average Bonchev–Trinajstić information content (AvgIpc) is 2.65. The largest absolute Gasteiger partial charge is 0.434 e. The van der Waals surface area contributed by atoms with Crippen LogP contribution in [0.5, 0.6) is 0 Å². The van der Waals surface area contributed by atoms with Gasteiger partial charge in [0.2, 0.25) is 0 Å². The van der Waals surface area contributed by atoms with E-state index in [1.54, 1.807) is 0 Å². The van der Waals surface area contributed by atoms with E-state index in [-0.39, 0.29) is 11.8 Å². The Kier molecular flexibility index (Phi) is 3.46. The average molecular weight is 311 g/mol. The van der Waals surface area contributed by atoms with Gasteiger partial charge in [-0.1, -0.05) is 0 Å². The van der Waals surface area contributed by atoms with Gasteiger partial charge in [-0.25, -0.2) is 4.79 Å². The van der Waals surface area contributed by atoms with E-state index in [9.17, 15) is 31.1 Å². The number of ether oxygens (including phenoxy) is 1. The van der Waals surface area contributed by atoms with Crippen molar-refractivity contribution in [1.82, 2.24) is 0 Å². The molecule has 9 heteroatoms. The van der Waals surface area contributed by atoms with Gasteiger partial charge < -0.3 is 4.74 Å². The molecule has 0 fully saturated rings. The number of alkyl halides is 6. The summed E-state index contributed by atoms with van der Waals surface area (Å²) in [6.07, 6.45) is -12.3. The minimum Gasteiger partial charge on any atom is -0.434 e. The molecule has 0 aliphatic carbocycles. The number of hydrogen-bond donors (Lipinski definition) is 0. The van der Waals surface area contributed by atoms with E-state index < -0.39 is 41.2 Å². The zero-order valence-corrected chi connectivity index (χ0v) is 10.3. The summed E-state index contributed by atoms with van der Waals surface area (Å²) in [6.45, 7) is 1.28. The molecule has 1 aromatic carbocycles. The summed E-state index contributed by atoms with van der Waals surface area (Å²) < 4.78 is 80.8. The predicted molar refractivity (Wildman–Crippen MR) is 58.8 cm³/mol. The maximum atomic E-state index is 12.7. The van der Waals surface area contributed by atoms with Crippen LogP contribution in [0.3, 0.4) is 0 Å². The van der Waals surface area contributed by atoms with Crippen molar-refractivity contribution < 1.29 is 35.9 Å². The second kappa shape index (κ2) is 4.74. The van der Waals surface area contributed by atoms with Crippen LogP contribution < -0.4 is 0 Å². The van der Waals surface area contributed by atoms with Crippen molar-refractivity contribution in [3.05, 3.63) is 34.9 Å². The highest BCUT2D eigenvalue weighted by Gasteiger charge is 2.39. The van der Waals surface area contributed by atoms with Crippen molar-refractivity contribution in [1.29, 1.82) is 0 Å². The van der Waals surface area contributed by atoms with E-state index in [1.807, 2.05) is 0 Å². The van der Waals surface area contributed by atoms with Crippen LogP contribution in [0.4, 0.5) is 31.1 Å². The Morgan fingerprint density at radius 3 is 1.81 bits per heavy atom. The summed E-state index contributed by atoms with van der Waals surface area (Å²) >= 11 is 0. The van der Waals surface area contributed by atoms with E-state index in [4.69, 9.17) is 0 Å². The highest BCUT2D eigenvalue weighted by atomic mass is 19.4. The third kappa shape index (κ3) is 3.17. The molecule has 3 nitrogen and oxygen atoms in total. The summed E-state index contributed by atoms with van der Waals surface area (Å²) in [4.78, 5) is 14.3. The SMILES string of the molecule is CC1=NC(=O)O[C@@H]1c1cc(C(F)(F)F)cc(C(F)(F)F)c1. The van der Waals surface area contributed by atoms with Crippen molar-refractivity contribution in [3.8, 4) is 0 Å². The van der Waals surface area contributed by atoms with Crippen LogP contribution in [-0.4, -0.2) is 11.8 Å².